The first-order valence-corrected chi connectivity index (χ1v) is 6.89. The van der Waals surface area contributed by atoms with Crippen LogP contribution in [0.1, 0.15) is 31.7 Å². The summed E-state index contributed by atoms with van der Waals surface area (Å²) in [6.07, 6.45) is 3.73. The van der Waals surface area contributed by atoms with E-state index in [0.717, 1.165) is 20.7 Å². The number of hydrogen-bond donors (Lipinski definition) is 0. The van der Waals surface area contributed by atoms with Crippen molar-refractivity contribution >= 4 is 27.7 Å². The summed E-state index contributed by atoms with van der Waals surface area (Å²) in [6.45, 7) is 2.20. The minimum Gasteiger partial charge on any atom is -0.192 e. The molecule has 0 aliphatic heterocycles. The number of rotatable bonds is 5. The highest BCUT2D eigenvalue weighted by Crippen LogP contribution is 2.28. The first-order chi connectivity index (χ1) is 7.29. The number of unbranched alkanes of at least 4 members (excludes halogenated alkanes) is 2. The fourth-order valence-corrected chi connectivity index (χ4v) is 2.90. The standard InChI is InChI=1S/C12H14BrNS/c1-2-3-4-8-15-12-7-5-6-11(13)10(12)9-14/h5-7H,2-4,8H2,1H3. The van der Waals surface area contributed by atoms with E-state index in [9.17, 15) is 0 Å². The molecule has 0 amide bonds. The van der Waals surface area contributed by atoms with Gasteiger partial charge in [-0.2, -0.15) is 5.26 Å². The molecular weight excluding hydrogens is 270 g/mol. The maximum atomic E-state index is 9.01. The van der Waals surface area contributed by atoms with Crippen LogP contribution < -0.4 is 0 Å². The second kappa shape index (κ2) is 6.92. The quantitative estimate of drug-likeness (QED) is 0.582. The minimum absolute atomic E-state index is 0.763. The van der Waals surface area contributed by atoms with Crippen LogP contribution in [0.3, 0.4) is 0 Å². The van der Waals surface area contributed by atoms with E-state index < -0.39 is 0 Å². The van der Waals surface area contributed by atoms with Gasteiger partial charge < -0.3 is 0 Å². The predicted molar refractivity (Wildman–Crippen MR) is 69.1 cm³/mol. The molecule has 1 aromatic rings. The summed E-state index contributed by atoms with van der Waals surface area (Å²) in [7, 11) is 0. The Balaban J connectivity index is 2.61. The van der Waals surface area contributed by atoms with Gasteiger partial charge in [-0.15, -0.1) is 11.8 Å². The molecule has 3 heteroatoms. The summed E-state index contributed by atoms with van der Waals surface area (Å²) in [5.41, 5.74) is 0.763. The summed E-state index contributed by atoms with van der Waals surface area (Å²) in [5, 5.41) is 9.01. The summed E-state index contributed by atoms with van der Waals surface area (Å²) in [4.78, 5) is 1.09. The first-order valence-electron chi connectivity index (χ1n) is 5.11. The van der Waals surface area contributed by atoms with E-state index in [1.807, 2.05) is 18.2 Å². The maximum absolute atomic E-state index is 9.01. The van der Waals surface area contributed by atoms with Crippen LogP contribution in [0.15, 0.2) is 27.6 Å². The molecular formula is C12H14BrNS. The highest BCUT2D eigenvalue weighted by atomic mass is 79.9. The Morgan fingerprint density at radius 2 is 2.20 bits per heavy atom. The van der Waals surface area contributed by atoms with Crippen molar-refractivity contribution in [2.45, 2.75) is 31.1 Å². The van der Waals surface area contributed by atoms with E-state index in [4.69, 9.17) is 5.26 Å². The van der Waals surface area contributed by atoms with Crippen molar-refractivity contribution in [3.63, 3.8) is 0 Å². The molecule has 15 heavy (non-hydrogen) atoms. The molecule has 0 aromatic heterocycles. The molecule has 1 nitrogen and oxygen atoms in total. The number of hydrogen-bond acceptors (Lipinski definition) is 2. The van der Waals surface area contributed by atoms with Crippen molar-refractivity contribution < 1.29 is 0 Å². The van der Waals surface area contributed by atoms with Gasteiger partial charge in [0.2, 0.25) is 0 Å². The number of nitriles is 1. The Labute approximate surface area is 104 Å². The van der Waals surface area contributed by atoms with Crippen molar-refractivity contribution in [3.8, 4) is 6.07 Å². The van der Waals surface area contributed by atoms with Crippen molar-refractivity contribution in [3.05, 3.63) is 28.2 Å². The van der Waals surface area contributed by atoms with Crippen LogP contribution in [0.25, 0.3) is 0 Å². The van der Waals surface area contributed by atoms with E-state index in [1.165, 1.54) is 19.3 Å². The van der Waals surface area contributed by atoms with Crippen molar-refractivity contribution in [1.29, 1.82) is 5.26 Å². The topological polar surface area (TPSA) is 23.8 Å². The highest BCUT2D eigenvalue weighted by Gasteiger charge is 2.05. The molecule has 0 saturated heterocycles. The lowest BCUT2D eigenvalue weighted by Gasteiger charge is -2.04. The largest absolute Gasteiger partial charge is 0.192 e. The average Bonchev–Trinajstić information content (AvgIpc) is 2.24. The van der Waals surface area contributed by atoms with Crippen LogP contribution in [-0.2, 0) is 0 Å². The SMILES string of the molecule is CCCCCSc1cccc(Br)c1C#N. The summed E-state index contributed by atoms with van der Waals surface area (Å²) in [6, 6.07) is 8.14. The summed E-state index contributed by atoms with van der Waals surface area (Å²) >= 11 is 5.17. The van der Waals surface area contributed by atoms with Gasteiger partial charge in [-0.05, 0) is 40.2 Å². The summed E-state index contributed by atoms with van der Waals surface area (Å²) < 4.78 is 0.894. The molecule has 1 rings (SSSR count). The van der Waals surface area contributed by atoms with Crippen LogP contribution in [0.4, 0.5) is 0 Å². The monoisotopic (exact) mass is 283 g/mol. The Kier molecular flexibility index (Phi) is 5.82. The lowest BCUT2D eigenvalue weighted by molar-refractivity contribution is 0.778. The van der Waals surface area contributed by atoms with Gasteiger partial charge >= 0.3 is 0 Å². The van der Waals surface area contributed by atoms with E-state index in [0.29, 0.717) is 0 Å². The average molecular weight is 284 g/mol. The summed E-state index contributed by atoms with van der Waals surface area (Å²) in [5.74, 6) is 1.10. The molecule has 0 radical (unpaired) electrons. The zero-order valence-electron chi connectivity index (χ0n) is 8.79. The van der Waals surface area contributed by atoms with Crippen LogP contribution in [0.2, 0.25) is 0 Å². The van der Waals surface area contributed by atoms with E-state index in [-0.39, 0.29) is 0 Å². The molecule has 0 heterocycles. The van der Waals surface area contributed by atoms with Crippen LogP contribution in [0.5, 0.6) is 0 Å². The highest BCUT2D eigenvalue weighted by molar-refractivity contribution is 9.10. The lowest BCUT2D eigenvalue weighted by Crippen LogP contribution is -1.85. The third-order valence-corrected chi connectivity index (χ3v) is 3.90. The van der Waals surface area contributed by atoms with Gasteiger partial charge in [0.1, 0.15) is 6.07 Å². The van der Waals surface area contributed by atoms with Gasteiger partial charge in [-0.3, -0.25) is 0 Å². The molecule has 0 bridgehead atoms. The Morgan fingerprint density at radius 1 is 1.40 bits per heavy atom. The lowest BCUT2D eigenvalue weighted by atomic mass is 10.2. The molecule has 0 aliphatic carbocycles. The molecule has 0 fully saturated rings. The zero-order chi connectivity index (χ0) is 11.1. The van der Waals surface area contributed by atoms with Gasteiger partial charge in [-0.25, -0.2) is 0 Å². The van der Waals surface area contributed by atoms with Crippen LogP contribution >= 0.6 is 27.7 Å². The van der Waals surface area contributed by atoms with Gasteiger partial charge in [0, 0.05) is 9.37 Å². The fourth-order valence-electron chi connectivity index (χ4n) is 1.27. The van der Waals surface area contributed by atoms with Crippen LogP contribution in [0, 0.1) is 11.3 Å². The molecule has 1 aromatic carbocycles. The Morgan fingerprint density at radius 3 is 2.87 bits per heavy atom. The molecule has 0 unspecified atom stereocenters. The second-order valence-corrected chi connectivity index (χ2v) is 5.27. The third kappa shape index (κ3) is 3.89. The number of nitrogens with zero attached hydrogens (tertiary/aromatic N) is 1. The van der Waals surface area contributed by atoms with Gasteiger partial charge in [0.25, 0.3) is 0 Å². The molecule has 80 valence electrons. The molecule has 0 N–H and O–H groups in total. The van der Waals surface area contributed by atoms with Crippen LogP contribution in [-0.4, -0.2) is 5.75 Å². The molecule has 0 aliphatic rings. The molecule has 0 spiro atoms. The Bertz CT molecular complexity index is 357. The predicted octanol–water partition coefficient (Wildman–Crippen LogP) is 4.60. The second-order valence-electron chi connectivity index (χ2n) is 3.28. The number of halogens is 1. The fraction of sp³-hybridized carbons (Fsp3) is 0.417. The van der Waals surface area contributed by atoms with E-state index in [2.05, 4.69) is 28.9 Å². The van der Waals surface area contributed by atoms with E-state index >= 15 is 0 Å². The third-order valence-electron chi connectivity index (χ3n) is 2.09. The zero-order valence-corrected chi connectivity index (χ0v) is 11.2. The smallest absolute Gasteiger partial charge is 0.101 e. The van der Waals surface area contributed by atoms with Crippen molar-refractivity contribution in [2.24, 2.45) is 0 Å². The van der Waals surface area contributed by atoms with Gasteiger partial charge in [0.05, 0.1) is 5.56 Å². The maximum Gasteiger partial charge on any atom is 0.101 e. The number of benzene rings is 1. The van der Waals surface area contributed by atoms with Gasteiger partial charge in [-0.1, -0.05) is 25.8 Å². The number of thioether (sulfide) groups is 1. The van der Waals surface area contributed by atoms with Crippen molar-refractivity contribution in [1.82, 2.24) is 0 Å². The molecule has 0 saturated carbocycles. The Hall–Kier alpha value is -0.460. The first kappa shape index (κ1) is 12.6. The normalized spacial score (nSPS) is 9.93. The van der Waals surface area contributed by atoms with Gasteiger partial charge in [0.15, 0.2) is 0 Å². The van der Waals surface area contributed by atoms with Crippen molar-refractivity contribution in [2.75, 3.05) is 5.75 Å². The van der Waals surface area contributed by atoms with E-state index in [1.54, 1.807) is 11.8 Å². The molecule has 0 atom stereocenters. The minimum atomic E-state index is 0.763.